The maximum Gasteiger partial charge on any atom is 0.253 e. The van der Waals surface area contributed by atoms with Gasteiger partial charge in [0, 0.05) is 25.4 Å². The van der Waals surface area contributed by atoms with Crippen molar-refractivity contribution in [2.75, 3.05) is 6.54 Å². The molecule has 0 aliphatic rings. The summed E-state index contributed by atoms with van der Waals surface area (Å²) in [6, 6.07) is 9.94. The van der Waals surface area contributed by atoms with Crippen LogP contribution in [0.1, 0.15) is 54.2 Å². The van der Waals surface area contributed by atoms with Crippen LogP contribution in [0.5, 0.6) is 0 Å². The number of carbonyl (C=O) groups is 2. The van der Waals surface area contributed by atoms with Crippen LogP contribution in [0, 0.1) is 0 Å². The topological polar surface area (TPSA) is 85.1 Å². The Hall–Kier alpha value is -3.21. The third kappa shape index (κ3) is 8.13. The van der Waals surface area contributed by atoms with Crippen molar-refractivity contribution in [2.24, 2.45) is 5.73 Å². The second-order valence-corrected chi connectivity index (χ2v) is 7.48. The van der Waals surface area contributed by atoms with E-state index in [0.717, 1.165) is 22.3 Å². The van der Waals surface area contributed by atoms with Crippen molar-refractivity contribution in [2.45, 2.75) is 40.0 Å². The quantitative estimate of drug-likeness (QED) is 0.639. The Morgan fingerprint density at radius 2 is 1.69 bits per heavy atom. The van der Waals surface area contributed by atoms with E-state index in [-0.39, 0.29) is 11.8 Å². The lowest BCUT2D eigenvalue weighted by Crippen LogP contribution is -2.25. The molecule has 0 aliphatic heterocycles. The van der Waals surface area contributed by atoms with Crippen molar-refractivity contribution in [1.29, 1.82) is 0 Å². The lowest BCUT2D eigenvalue weighted by atomic mass is 10.0. The second-order valence-electron chi connectivity index (χ2n) is 7.48. The van der Waals surface area contributed by atoms with Crippen LogP contribution in [0.15, 0.2) is 66.0 Å². The van der Waals surface area contributed by atoms with Crippen LogP contribution in [-0.4, -0.2) is 23.3 Å². The molecule has 2 aromatic rings. The minimum absolute atomic E-state index is 0.133. The molecule has 0 bridgehead atoms. The monoisotopic (exact) mass is 391 g/mol. The molecule has 5 nitrogen and oxygen atoms in total. The molecule has 1 aromatic carbocycles. The van der Waals surface area contributed by atoms with Crippen molar-refractivity contribution in [3.8, 4) is 0 Å². The maximum atomic E-state index is 12.4. The summed E-state index contributed by atoms with van der Waals surface area (Å²) in [6.45, 7) is 6.56. The lowest BCUT2D eigenvalue weighted by Gasteiger charge is -2.08. The van der Waals surface area contributed by atoms with Gasteiger partial charge in [-0.25, -0.2) is 0 Å². The highest BCUT2D eigenvalue weighted by atomic mass is 16.2. The summed E-state index contributed by atoms with van der Waals surface area (Å²) in [5.74, 6) is -0.427. The molecule has 2 amide bonds. The van der Waals surface area contributed by atoms with Gasteiger partial charge in [0.25, 0.3) is 5.91 Å². The molecule has 152 valence electrons. The maximum absolute atomic E-state index is 12.4. The van der Waals surface area contributed by atoms with Gasteiger partial charge in [-0.15, -0.1) is 0 Å². The Morgan fingerprint density at radius 1 is 1.00 bits per heavy atom. The average Bonchev–Trinajstić information content (AvgIpc) is 2.70. The SMILES string of the molecule is CC(C)=C/C=C(\C)CNC(=O)c1cncc(Cc2ccc(CCC(N)=O)cc2)c1. The Labute approximate surface area is 172 Å². The fourth-order valence-electron chi connectivity index (χ4n) is 2.73. The Kier molecular flexibility index (Phi) is 8.34. The van der Waals surface area contributed by atoms with Crippen LogP contribution in [0.25, 0.3) is 0 Å². The largest absolute Gasteiger partial charge is 0.370 e. The number of pyridine rings is 1. The number of aryl methyl sites for hydroxylation is 1. The van der Waals surface area contributed by atoms with E-state index in [0.29, 0.717) is 31.4 Å². The van der Waals surface area contributed by atoms with E-state index in [4.69, 9.17) is 5.73 Å². The van der Waals surface area contributed by atoms with E-state index in [1.54, 1.807) is 12.4 Å². The summed E-state index contributed by atoms with van der Waals surface area (Å²) in [4.78, 5) is 27.5. The minimum atomic E-state index is -0.294. The molecule has 1 heterocycles. The molecule has 0 atom stereocenters. The van der Waals surface area contributed by atoms with Crippen LogP contribution in [0.4, 0.5) is 0 Å². The number of benzene rings is 1. The summed E-state index contributed by atoms with van der Waals surface area (Å²) in [5, 5.41) is 2.93. The van der Waals surface area contributed by atoms with Gasteiger partial charge in [-0.3, -0.25) is 14.6 Å². The van der Waals surface area contributed by atoms with Gasteiger partial charge in [0.15, 0.2) is 0 Å². The number of amides is 2. The van der Waals surface area contributed by atoms with Gasteiger partial charge in [0.1, 0.15) is 0 Å². The summed E-state index contributed by atoms with van der Waals surface area (Å²) < 4.78 is 0. The number of aromatic nitrogens is 1. The molecular formula is C24H29N3O2. The molecule has 0 saturated heterocycles. The minimum Gasteiger partial charge on any atom is -0.370 e. The van der Waals surface area contributed by atoms with Gasteiger partial charge in [-0.2, -0.15) is 0 Å². The summed E-state index contributed by atoms with van der Waals surface area (Å²) in [5.41, 5.74) is 11.2. The van der Waals surface area contributed by atoms with E-state index in [1.807, 2.05) is 63.3 Å². The molecule has 0 aliphatic carbocycles. The van der Waals surface area contributed by atoms with Gasteiger partial charge < -0.3 is 11.1 Å². The Morgan fingerprint density at radius 3 is 2.34 bits per heavy atom. The van der Waals surface area contributed by atoms with Crippen molar-refractivity contribution >= 4 is 11.8 Å². The van der Waals surface area contributed by atoms with Crippen molar-refractivity contribution < 1.29 is 9.59 Å². The predicted octanol–water partition coefficient (Wildman–Crippen LogP) is 3.73. The molecule has 0 saturated carbocycles. The highest BCUT2D eigenvalue weighted by Gasteiger charge is 2.07. The first-order chi connectivity index (χ1) is 13.8. The number of rotatable bonds is 9. The summed E-state index contributed by atoms with van der Waals surface area (Å²) in [7, 11) is 0. The van der Waals surface area contributed by atoms with E-state index in [1.165, 1.54) is 5.57 Å². The summed E-state index contributed by atoms with van der Waals surface area (Å²) >= 11 is 0. The van der Waals surface area contributed by atoms with Gasteiger partial charge in [0.05, 0.1) is 5.56 Å². The fourth-order valence-corrected chi connectivity index (χ4v) is 2.73. The normalized spacial score (nSPS) is 11.1. The smallest absolute Gasteiger partial charge is 0.253 e. The average molecular weight is 392 g/mol. The lowest BCUT2D eigenvalue weighted by molar-refractivity contribution is -0.117. The molecule has 0 spiro atoms. The predicted molar refractivity (Wildman–Crippen MR) is 117 cm³/mol. The van der Waals surface area contributed by atoms with Crippen LogP contribution in [0.3, 0.4) is 0 Å². The zero-order valence-electron chi connectivity index (χ0n) is 17.4. The highest BCUT2D eigenvalue weighted by molar-refractivity contribution is 5.94. The first kappa shape index (κ1) is 22.1. The van der Waals surface area contributed by atoms with Gasteiger partial charge in [-0.05, 0) is 56.4 Å². The third-order valence-corrected chi connectivity index (χ3v) is 4.38. The molecule has 3 N–H and O–H groups in total. The Balaban J connectivity index is 1.96. The molecular weight excluding hydrogens is 362 g/mol. The molecule has 0 radical (unpaired) electrons. The molecule has 0 fully saturated rings. The third-order valence-electron chi connectivity index (χ3n) is 4.38. The number of hydrogen-bond donors (Lipinski definition) is 2. The number of primary amides is 1. The molecule has 5 heteroatoms. The number of carbonyl (C=O) groups excluding carboxylic acids is 2. The van der Waals surface area contributed by atoms with E-state index in [9.17, 15) is 9.59 Å². The fraction of sp³-hybridized carbons (Fsp3) is 0.292. The van der Waals surface area contributed by atoms with Crippen LogP contribution in [-0.2, 0) is 17.6 Å². The summed E-state index contributed by atoms with van der Waals surface area (Å²) in [6.07, 6.45) is 9.08. The first-order valence-electron chi connectivity index (χ1n) is 9.72. The van der Waals surface area contributed by atoms with E-state index < -0.39 is 0 Å². The van der Waals surface area contributed by atoms with Gasteiger partial charge in [-0.1, -0.05) is 47.6 Å². The number of nitrogens with zero attached hydrogens (tertiary/aromatic N) is 1. The standard InChI is InChI=1S/C24H29N3O2/c1-17(2)4-5-18(3)14-27-24(29)22-13-21(15-26-16-22)12-20-8-6-19(7-9-20)10-11-23(25)28/h4-9,13,15-16H,10-12,14H2,1-3H3,(H2,25,28)(H,27,29)/b18-5+. The molecule has 0 unspecified atom stereocenters. The molecule has 1 aromatic heterocycles. The first-order valence-corrected chi connectivity index (χ1v) is 9.72. The van der Waals surface area contributed by atoms with Crippen molar-refractivity contribution in [3.05, 3.63) is 88.3 Å². The molecule has 2 rings (SSSR count). The zero-order valence-corrected chi connectivity index (χ0v) is 17.4. The number of allylic oxidation sites excluding steroid dienone is 3. The number of hydrogen-bond acceptors (Lipinski definition) is 3. The number of nitrogens with one attached hydrogen (secondary N) is 1. The van der Waals surface area contributed by atoms with Gasteiger partial charge in [0.2, 0.25) is 5.91 Å². The number of nitrogens with two attached hydrogens (primary N) is 1. The van der Waals surface area contributed by atoms with Crippen LogP contribution >= 0.6 is 0 Å². The molecule has 29 heavy (non-hydrogen) atoms. The Bertz CT molecular complexity index is 908. The van der Waals surface area contributed by atoms with Gasteiger partial charge >= 0.3 is 0 Å². The van der Waals surface area contributed by atoms with Crippen LogP contribution in [0.2, 0.25) is 0 Å². The van der Waals surface area contributed by atoms with Crippen LogP contribution < -0.4 is 11.1 Å². The van der Waals surface area contributed by atoms with Crippen molar-refractivity contribution in [3.63, 3.8) is 0 Å². The van der Waals surface area contributed by atoms with E-state index in [2.05, 4.69) is 10.3 Å². The van der Waals surface area contributed by atoms with E-state index >= 15 is 0 Å². The highest BCUT2D eigenvalue weighted by Crippen LogP contribution is 2.13. The second kappa shape index (κ2) is 11.0. The van der Waals surface area contributed by atoms with Crippen molar-refractivity contribution in [1.82, 2.24) is 10.3 Å². The zero-order chi connectivity index (χ0) is 21.2.